The van der Waals surface area contributed by atoms with Crippen LogP contribution in [0.3, 0.4) is 0 Å². The molecule has 3 nitrogen and oxygen atoms in total. The molecule has 3 unspecified atom stereocenters. The van der Waals surface area contributed by atoms with Crippen molar-refractivity contribution >= 4 is 0 Å². The number of nitrogens with one attached hydrogen (secondary N) is 1. The topological polar surface area (TPSA) is 24.5 Å². The zero-order valence-electron chi connectivity index (χ0n) is 12.4. The molecule has 0 aliphatic carbocycles. The number of fused-ring (bicyclic) bond motifs is 2. The first-order chi connectivity index (χ1) is 9.20. The summed E-state index contributed by atoms with van der Waals surface area (Å²) in [6.07, 6.45) is 9.86. The third kappa shape index (κ3) is 3.39. The van der Waals surface area contributed by atoms with Gasteiger partial charge in [0.2, 0.25) is 0 Å². The van der Waals surface area contributed by atoms with Crippen LogP contribution in [-0.2, 0) is 4.74 Å². The van der Waals surface area contributed by atoms with Gasteiger partial charge < -0.3 is 10.1 Å². The summed E-state index contributed by atoms with van der Waals surface area (Å²) in [5.41, 5.74) is 1.43. The van der Waals surface area contributed by atoms with Crippen molar-refractivity contribution in [2.45, 2.75) is 70.2 Å². The Balaban J connectivity index is 1.40. The van der Waals surface area contributed by atoms with Gasteiger partial charge in [-0.2, -0.15) is 0 Å². The third-order valence-electron chi connectivity index (χ3n) is 4.90. The number of piperidine rings is 1. The molecule has 3 saturated heterocycles. The van der Waals surface area contributed by atoms with E-state index >= 15 is 0 Å². The Hall–Kier alpha value is -0.380. The SMILES string of the molecule is CC(C)=CCN1CCC(NC2CC3CCC2O3)CC1. The van der Waals surface area contributed by atoms with E-state index in [1.54, 1.807) is 0 Å². The number of rotatable bonds is 4. The van der Waals surface area contributed by atoms with Gasteiger partial charge in [0.15, 0.2) is 0 Å². The molecule has 1 N–H and O–H groups in total. The lowest BCUT2D eigenvalue weighted by atomic mass is 9.93. The normalized spacial score (nSPS) is 35.8. The molecule has 19 heavy (non-hydrogen) atoms. The van der Waals surface area contributed by atoms with Crippen molar-refractivity contribution < 1.29 is 4.74 Å². The highest BCUT2D eigenvalue weighted by atomic mass is 16.5. The van der Waals surface area contributed by atoms with Crippen LogP contribution in [-0.4, -0.2) is 48.8 Å². The maximum Gasteiger partial charge on any atom is 0.0733 e. The standard InChI is InChI=1S/C16H28N2O/c1-12(2)5-8-18-9-6-13(7-10-18)17-15-11-14-3-4-16(15)19-14/h5,13-17H,3-4,6-11H2,1-2H3. The summed E-state index contributed by atoms with van der Waals surface area (Å²) in [4.78, 5) is 2.57. The molecular formula is C16H28N2O. The summed E-state index contributed by atoms with van der Waals surface area (Å²) in [6, 6.07) is 1.36. The van der Waals surface area contributed by atoms with E-state index in [1.165, 1.54) is 50.8 Å². The minimum atomic E-state index is 0.522. The third-order valence-corrected chi connectivity index (χ3v) is 4.90. The fraction of sp³-hybridized carbons (Fsp3) is 0.875. The van der Waals surface area contributed by atoms with E-state index in [2.05, 4.69) is 30.1 Å². The zero-order chi connectivity index (χ0) is 13.2. The molecule has 108 valence electrons. The Morgan fingerprint density at radius 2 is 2.00 bits per heavy atom. The van der Waals surface area contributed by atoms with Gasteiger partial charge in [0.05, 0.1) is 12.2 Å². The maximum absolute atomic E-state index is 5.93. The zero-order valence-corrected chi connectivity index (χ0v) is 12.4. The Morgan fingerprint density at radius 3 is 2.58 bits per heavy atom. The van der Waals surface area contributed by atoms with Crippen LogP contribution in [0.25, 0.3) is 0 Å². The second kappa shape index (κ2) is 5.94. The molecule has 3 heteroatoms. The highest BCUT2D eigenvalue weighted by molar-refractivity contribution is 4.98. The largest absolute Gasteiger partial charge is 0.373 e. The van der Waals surface area contributed by atoms with Gasteiger partial charge >= 0.3 is 0 Å². The van der Waals surface area contributed by atoms with Crippen LogP contribution < -0.4 is 5.32 Å². The minimum Gasteiger partial charge on any atom is -0.373 e. The van der Waals surface area contributed by atoms with Crippen molar-refractivity contribution in [3.05, 3.63) is 11.6 Å². The van der Waals surface area contributed by atoms with E-state index in [0.29, 0.717) is 18.2 Å². The van der Waals surface area contributed by atoms with Crippen molar-refractivity contribution in [3.8, 4) is 0 Å². The Kier molecular flexibility index (Phi) is 4.25. The van der Waals surface area contributed by atoms with E-state index in [9.17, 15) is 0 Å². The average Bonchev–Trinajstić information content (AvgIpc) is 3.00. The first-order valence-corrected chi connectivity index (χ1v) is 7.98. The molecule has 3 heterocycles. The first-order valence-electron chi connectivity index (χ1n) is 7.98. The first kappa shape index (κ1) is 13.6. The predicted molar refractivity (Wildman–Crippen MR) is 78.3 cm³/mol. The monoisotopic (exact) mass is 264 g/mol. The lowest BCUT2D eigenvalue weighted by molar-refractivity contribution is 0.0937. The summed E-state index contributed by atoms with van der Waals surface area (Å²) in [7, 11) is 0. The average molecular weight is 264 g/mol. The molecule has 3 fully saturated rings. The Labute approximate surface area is 117 Å². The van der Waals surface area contributed by atoms with E-state index < -0.39 is 0 Å². The van der Waals surface area contributed by atoms with Gasteiger partial charge in [-0.1, -0.05) is 11.6 Å². The second-order valence-electron chi connectivity index (χ2n) is 6.74. The molecule has 0 amide bonds. The molecule has 0 aromatic rings. The van der Waals surface area contributed by atoms with Crippen LogP contribution in [0, 0.1) is 0 Å². The smallest absolute Gasteiger partial charge is 0.0733 e. The van der Waals surface area contributed by atoms with E-state index in [1.807, 2.05) is 0 Å². The van der Waals surface area contributed by atoms with Crippen molar-refractivity contribution in [1.82, 2.24) is 10.2 Å². The van der Waals surface area contributed by atoms with Crippen LogP contribution in [0.1, 0.15) is 46.0 Å². The fourth-order valence-electron chi connectivity index (χ4n) is 3.71. The molecule has 0 aromatic heterocycles. The number of allylic oxidation sites excluding steroid dienone is 1. The summed E-state index contributed by atoms with van der Waals surface area (Å²) in [5, 5.41) is 3.87. The fourth-order valence-corrected chi connectivity index (χ4v) is 3.71. The van der Waals surface area contributed by atoms with Crippen LogP contribution in [0.15, 0.2) is 11.6 Å². The number of nitrogens with zero attached hydrogens (tertiary/aromatic N) is 1. The summed E-state index contributed by atoms with van der Waals surface area (Å²) >= 11 is 0. The highest BCUT2D eigenvalue weighted by Gasteiger charge is 2.41. The van der Waals surface area contributed by atoms with Crippen molar-refractivity contribution in [2.75, 3.05) is 19.6 Å². The summed E-state index contributed by atoms with van der Waals surface area (Å²) in [6.45, 7) is 7.98. The highest BCUT2D eigenvalue weighted by Crippen LogP contribution is 2.34. The van der Waals surface area contributed by atoms with E-state index in [-0.39, 0.29) is 0 Å². The van der Waals surface area contributed by atoms with E-state index in [4.69, 9.17) is 4.74 Å². The van der Waals surface area contributed by atoms with Crippen molar-refractivity contribution in [2.24, 2.45) is 0 Å². The van der Waals surface area contributed by atoms with Crippen LogP contribution >= 0.6 is 0 Å². The van der Waals surface area contributed by atoms with E-state index in [0.717, 1.165) is 12.6 Å². The Bertz CT molecular complexity index is 330. The van der Waals surface area contributed by atoms with Crippen molar-refractivity contribution in [1.29, 1.82) is 0 Å². The van der Waals surface area contributed by atoms with Crippen LogP contribution in [0.4, 0.5) is 0 Å². The molecule has 0 spiro atoms. The number of likely N-dealkylation sites (tertiary alicyclic amines) is 1. The van der Waals surface area contributed by atoms with Gasteiger partial charge in [0.1, 0.15) is 0 Å². The quantitative estimate of drug-likeness (QED) is 0.789. The van der Waals surface area contributed by atoms with Crippen LogP contribution in [0.5, 0.6) is 0 Å². The van der Waals surface area contributed by atoms with Gasteiger partial charge in [-0.3, -0.25) is 4.90 Å². The number of hydrogen-bond donors (Lipinski definition) is 1. The Morgan fingerprint density at radius 1 is 1.21 bits per heavy atom. The lowest BCUT2D eigenvalue weighted by Crippen LogP contribution is -2.49. The molecule has 0 radical (unpaired) electrons. The van der Waals surface area contributed by atoms with Gasteiger partial charge in [0.25, 0.3) is 0 Å². The van der Waals surface area contributed by atoms with Gasteiger partial charge in [-0.15, -0.1) is 0 Å². The second-order valence-corrected chi connectivity index (χ2v) is 6.74. The van der Waals surface area contributed by atoms with Crippen molar-refractivity contribution in [3.63, 3.8) is 0 Å². The van der Waals surface area contributed by atoms with Gasteiger partial charge in [-0.25, -0.2) is 0 Å². The molecular weight excluding hydrogens is 236 g/mol. The van der Waals surface area contributed by atoms with Crippen LogP contribution in [0.2, 0.25) is 0 Å². The molecule has 2 bridgehead atoms. The van der Waals surface area contributed by atoms with Gasteiger partial charge in [-0.05, 0) is 59.0 Å². The number of hydrogen-bond acceptors (Lipinski definition) is 3. The lowest BCUT2D eigenvalue weighted by Gasteiger charge is -2.34. The maximum atomic E-state index is 5.93. The molecule has 0 aromatic carbocycles. The molecule has 3 aliphatic heterocycles. The number of ether oxygens (including phenoxy) is 1. The molecule has 3 aliphatic rings. The summed E-state index contributed by atoms with van der Waals surface area (Å²) < 4.78 is 5.93. The molecule has 3 atom stereocenters. The summed E-state index contributed by atoms with van der Waals surface area (Å²) in [5.74, 6) is 0. The van der Waals surface area contributed by atoms with Gasteiger partial charge in [0, 0.05) is 18.6 Å². The molecule has 0 saturated carbocycles. The minimum absolute atomic E-state index is 0.522. The predicted octanol–water partition coefficient (Wildman–Crippen LogP) is 2.33. The molecule has 3 rings (SSSR count).